The van der Waals surface area contributed by atoms with Gasteiger partial charge >= 0.3 is 0 Å². The van der Waals surface area contributed by atoms with Crippen molar-refractivity contribution < 1.29 is 9.72 Å². The van der Waals surface area contributed by atoms with Gasteiger partial charge in [0.15, 0.2) is 0 Å². The largest absolute Gasteiger partial charge is 0.371 e. The van der Waals surface area contributed by atoms with E-state index >= 15 is 0 Å². The van der Waals surface area contributed by atoms with Gasteiger partial charge in [0.1, 0.15) is 0 Å². The summed E-state index contributed by atoms with van der Waals surface area (Å²) in [4.78, 5) is 25.0. The number of nitrogens with one attached hydrogen (secondary N) is 1. The molecule has 0 spiro atoms. The summed E-state index contributed by atoms with van der Waals surface area (Å²) in [5.41, 5.74) is 2.63. The quantitative estimate of drug-likeness (QED) is 0.631. The maximum Gasteiger partial charge on any atom is 0.269 e. The number of nitro benzene ring substituents is 1. The summed E-state index contributed by atoms with van der Waals surface area (Å²) in [5.74, 6) is 0.477. The zero-order chi connectivity index (χ0) is 19.4. The molecule has 0 bridgehead atoms. The molecule has 0 aromatic heterocycles. The Balaban J connectivity index is 1.62. The van der Waals surface area contributed by atoms with Crippen molar-refractivity contribution in [2.24, 2.45) is 5.92 Å². The van der Waals surface area contributed by atoms with Crippen molar-refractivity contribution in [3.05, 3.63) is 69.8 Å². The van der Waals surface area contributed by atoms with E-state index in [1.807, 2.05) is 6.92 Å². The molecule has 0 aliphatic carbocycles. The van der Waals surface area contributed by atoms with Crippen molar-refractivity contribution in [3.63, 3.8) is 0 Å². The number of nitro groups is 1. The first-order valence-electron chi connectivity index (χ1n) is 9.34. The van der Waals surface area contributed by atoms with E-state index in [1.54, 1.807) is 0 Å². The van der Waals surface area contributed by atoms with Gasteiger partial charge in [0, 0.05) is 36.5 Å². The van der Waals surface area contributed by atoms with E-state index in [4.69, 9.17) is 0 Å². The van der Waals surface area contributed by atoms with E-state index in [0.717, 1.165) is 24.6 Å². The van der Waals surface area contributed by atoms with Gasteiger partial charge in [-0.2, -0.15) is 0 Å². The van der Waals surface area contributed by atoms with Crippen LogP contribution in [0.5, 0.6) is 0 Å². The fraction of sp³-hybridized carbons (Fsp3) is 0.381. The van der Waals surface area contributed by atoms with Crippen LogP contribution >= 0.6 is 0 Å². The average Bonchev–Trinajstić information content (AvgIpc) is 2.68. The number of nitrogens with zero attached hydrogens (tertiary/aromatic N) is 2. The minimum absolute atomic E-state index is 0.0257. The zero-order valence-electron chi connectivity index (χ0n) is 15.7. The summed E-state index contributed by atoms with van der Waals surface area (Å²) in [6, 6.07) is 13.8. The highest BCUT2D eigenvalue weighted by Gasteiger charge is 2.17. The molecule has 1 saturated heterocycles. The van der Waals surface area contributed by atoms with Gasteiger partial charge in [0.05, 0.1) is 11.0 Å². The first kappa shape index (κ1) is 18.9. The van der Waals surface area contributed by atoms with Crippen LogP contribution in [0.15, 0.2) is 48.5 Å². The number of hydrogen-bond donors (Lipinski definition) is 1. The Bertz CT molecular complexity index is 802. The third-order valence-electron chi connectivity index (χ3n) is 5.10. The van der Waals surface area contributed by atoms with E-state index in [1.165, 1.54) is 42.8 Å². The third kappa shape index (κ3) is 4.64. The normalized spacial score (nSPS) is 18.0. The van der Waals surface area contributed by atoms with Crippen molar-refractivity contribution in [2.45, 2.75) is 32.7 Å². The Morgan fingerprint density at radius 3 is 2.44 bits per heavy atom. The first-order valence-corrected chi connectivity index (χ1v) is 9.34. The molecule has 1 aliphatic rings. The van der Waals surface area contributed by atoms with Gasteiger partial charge in [-0.3, -0.25) is 14.9 Å². The molecule has 6 nitrogen and oxygen atoms in total. The van der Waals surface area contributed by atoms with Crippen molar-refractivity contribution in [2.75, 3.05) is 18.0 Å². The van der Waals surface area contributed by atoms with Crippen LogP contribution in [0.25, 0.3) is 0 Å². The molecular formula is C21H25N3O3. The number of hydrogen-bond acceptors (Lipinski definition) is 4. The number of piperidine rings is 1. The highest BCUT2D eigenvalue weighted by atomic mass is 16.6. The lowest BCUT2D eigenvalue weighted by Crippen LogP contribution is -2.34. The fourth-order valence-electron chi connectivity index (χ4n) is 3.50. The third-order valence-corrected chi connectivity index (χ3v) is 5.10. The number of non-ortho nitro benzene ring substituents is 1. The van der Waals surface area contributed by atoms with Crippen LogP contribution in [0.2, 0.25) is 0 Å². The van der Waals surface area contributed by atoms with Crippen molar-refractivity contribution in [1.29, 1.82) is 0 Å². The molecule has 27 heavy (non-hydrogen) atoms. The van der Waals surface area contributed by atoms with E-state index in [0.29, 0.717) is 5.56 Å². The molecule has 1 fully saturated rings. The van der Waals surface area contributed by atoms with Crippen molar-refractivity contribution in [1.82, 2.24) is 5.32 Å². The molecule has 0 saturated carbocycles. The highest BCUT2D eigenvalue weighted by molar-refractivity contribution is 5.94. The Hall–Kier alpha value is -2.89. The Morgan fingerprint density at radius 1 is 1.19 bits per heavy atom. The summed E-state index contributed by atoms with van der Waals surface area (Å²) in [5, 5.41) is 13.7. The smallest absolute Gasteiger partial charge is 0.269 e. The van der Waals surface area contributed by atoms with Gasteiger partial charge in [-0.1, -0.05) is 19.1 Å². The van der Waals surface area contributed by atoms with Crippen LogP contribution in [0.1, 0.15) is 48.7 Å². The lowest BCUT2D eigenvalue weighted by atomic mass is 9.99. The number of carbonyl (C=O) groups is 1. The lowest BCUT2D eigenvalue weighted by Gasteiger charge is -2.33. The molecule has 0 unspecified atom stereocenters. The van der Waals surface area contributed by atoms with Gasteiger partial charge in [0.25, 0.3) is 11.6 Å². The van der Waals surface area contributed by atoms with Gasteiger partial charge in [-0.25, -0.2) is 0 Å². The average molecular weight is 367 g/mol. The van der Waals surface area contributed by atoms with Crippen LogP contribution in [-0.2, 0) is 0 Å². The summed E-state index contributed by atoms with van der Waals surface area (Å²) < 4.78 is 0. The molecule has 1 amide bonds. The maximum absolute atomic E-state index is 12.4. The maximum atomic E-state index is 12.4. The summed E-state index contributed by atoms with van der Waals surface area (Å²) in [6.07, 6.45) is 2.52. The minimum atomic E-state index is -0.477. The van der Waals surface area contributed by atoms with Gasteiger partial charge in [-0.05, 0) is 55.5 Å². The number of anilines is 1. The van der Waals surface area contributed by atoms with E-state index in [2.05, 4.69) is 41.4 Å². The molecule has 3 rings (SSSR count). The molecule has 1 heterocycles. The monoisotopic (exact) mass is 367 g/mol. The van der Waals surface area contributed by atoms with Crippen molar-refractivity contribution in [3.8, 4) is 0 Å². The lowest BCUT2D eigenvalue weighted by molar-refractivity contribution is -0.384. The molecule has 0 radical (unpaired) electrons. The molecule has 2 atom stereocenters. The molecular weight excluding hydrogens is 342 g/mol. The van der Waals surface area contributed by atoms with Gasteiger partial charge in [0.2, 0.25) is 0 Å². The van der Waals surface area contributed by atoms with Crippen molar-refractivity contribution >= 4 is 17.3 Å². The van der Waals surface area contributed by atoms with E-state index < -0.39 is 4.92 Å². The van der Waals surface area contributed by atoms with E-state index in [9.17, 15) is 14.9 Å². The molecule has 6 heteroatoms. The predicted molar refractivity (Wildman–Crippen MR) is 106 cm³/mol. The second kappa shape index (κ2) is 8.20. The minimum Gasteiger partial charge on any atom is -0.371 e. The second-order valence-electron chi connectivity index (χ2n) is 7.28. The summed E-state index contributed by atoms with van der Waals surface area (Å²) in [7, 11) is 0. The number of benzene rings is 2. The molecule has 142 valence electrons. The number of carbonyl (C=O) groups excluding carboxylic acids is 1. The topological polar surface area (TPSA) is 75.5 Å². The fourth-order valence-corrected chi connectivity index (χ4v) is 3.50. The van der Waals surface area contributed by atoms with Crippen LogP contribution in [-0.4, -0.2) is 23.9 Å². The Labute approximate surface area is 159 Å². The Morgan fingerprint density at radius 2 is 1.85 bits per heavy atom. The van der Waals surface area contributed by atoms with Crippen LogP contribution in [0.4, 0.5) is 11.4 Å². The predicted octanol–water partition coefficient (Wildman–Crippen LogP) is 4.32. The Kier molecular flexibility index (Phi) is 5.74. The zero-order valence-corrected chi connectivity index (χ0v) is 15.7. The van der Waals surface area contributed by atoms with E-state index in [-0.39, 0.29) is 17.6 Å². The van der Waals surface area contributed by atoms with Gasteiger partial charge < -0.3 is 10.2 Å². The number of rotatable bonds is 5. The summed E-state index contributed by atoms with van der Waals surface area (Å²) in [6.45, 7) is 6.40. The summed E-state index contributed by atoms with van der Waals surface area (Å²) >= 11 is 0. The first-order chi connectivity index (χ1) is 12.9. The molecule has 1 N–H and O–H groups in total. The van der Waals surface area contributed by atoms with Crippen LogP contribution < -0.4 is 10.2 Å². The van der Waals surface area contributed by atoms with Crippen LogP contribution in [0, 0.1) is 16.0 Å². The SMILES string of the molecule is C[C@H]1CCCN(c2ccc([C@H](C)NC(=O)c3ccc([N+](=O)[O-])cc3)cc2)C1. The molecule has 2 aromatic rings. The molecule has 1 aliphatic heterocycles. The van der Waals surface area contributed by atoms with Gasteiger partial charge in [-0.15, -0.1) is 0 Å². The van der Waals surface area contributed by atoms with Crippen LogP contribution in [0.3, 0.4) is 0 Å². The molecule has 2 aromatic carbocycles. The second-order valence-corrected chi connectivity index (χ2v) is 7.28. The standard InChI is InChI=1S/C21H25N3O3/c1-15-4-3-13-23(14-15)19-9-5-17(6-10-19)16(2)22-21(25)18-7-11-20(12-8-18)24(26)27/h5-12,15-16H,3-4,13-14H2,1-2H3,(H,22,25)/t15-,16-/m0/s1. The highest BCUT2D eigenvalue weighted by Crippen LogP contribution is 2.24. The number of amides is 1.